The van der Waals surface area contributed by atoms with Crippen molar-refractivity contribution in [3.63, 3.8) is 0 Å². The number of amides is 1. The van der Waals surface area contributed by atoms with E-state index in [0.717, 1.165) is 0 Å². The third-order valence-corrected chi connectivity index (χ3v) is 3.86. The minimum absolute atomic E-state index is 0.277. The Morgan fingerprint density at radius 2 is 1.96 bits per heavy atom. The predicted octanol–water partition coefficient (Wildman–Crippen LogP) is 4.88. The average molecular weight is 372 g/mol. The molecule has 1 heterocycles. The van der Waals surface area contributed by atoms with Crippen LogP contribution in [0.25, 0.3) is 0 Å². The molecule has 0 saturated heterocycles. The predicted molar refractivity (Wildman–Crippen MR) is 99.9 cm³/mol. The SMILES string of the molecule is COc1ccc(NC(=O)c2ccnc(Nc3ccccc3F)c2)cc1Cl. The molecule has 0 fully saturated rings. The molecule has 7 heteroatoms. The number of hydrogen-bond acceptors (Lipinski definition) is 4. The summed E-state index contributed by atoms with van der Waals surface area (Å²) in [5.74, 6) is 0.128. The summed E-state index contributed by atoms with van der Waals surface area (Å²) in [5, 5.41) is 5.99. The lowest BCUT2D eigenvalue weighted by atomic mass is 10.2. The van der Waals surface area contributed by atoms with E-state index in [1.807, 2.05) is 0 Å². The van der Waals surface area contributed by atoms with E-state index in [-0.39, 0.29) is 11.6 Å². The van der Waals surface area contributed by atoms with Gasteiger partial charge in [0.05, 0.1) is 17.8 Å². The van der Waals surface area contributed by atoms with Gasteiger partial charge < -0.3 is 15.4 Å². The number of benzene rings is 2. The van der Waals surface area contributed by atoms with Crippen molar-refractivity contribution in [3.8, 4) is 5.75 Å². The van der Waals surface area contributed by atoms with Gasteiger partial charge in [-0.1, -0.05) is 23.7 Å². The van der Waals surface area contributed by atoms with Crippen LogP contribution in [0.3, 0.4) is 0 Å². The fraction of sp³-hybridized carbons (Fsp3) is 0.0526. The highest BCUT2D eigenvalue weighted by Gasteiger charge is 2.10. The van der Waals surface area contributed by atoms with Gasteiger partial charge in [0.15, 0.2) is 0 Å². The van der Waals surface area contributed by atoms with Crippen molar-refractivity contribution in [3.05, 3.63) is 77.2 Å². The largest absolute Gasteiger partial charge is 0.495 e. The quantitative estimate of drug-likeness (QED) is 0.671. The smallest absolute Gasteiger partial charge is 0.255 e. The molecule has 0 aliphatic rings. The molecule has 0 aliphatic heterocycles. The zero-order valence-electron chi connectivity index (χ0n) is 13.8. The normalized spacial score (nSPS) is 10.3. The third-order valence-electron chi connectivity index (χ3n) is 3.57. The minimum Gasteiger partial charge on any atom is -0.495 e. The topological polar surface area (TPSA) is 63.2 Å². The van der Waals surface area contributed by atoms with Crippen LogP contribution in [-0.2, 0) is 0 Å². The van der Waals surface area contributed by atoms with Gasteiger partial charge in [-0.3, -0.25) is 4.79 Å². The summed E-state index contributed by atoms with van der Waals surface area (Å²) in [6, 6.07) is 14.3. The molecule has 0 saturated carbocycles. The van der Waals surface area contributed by atoms with Crippen LogP contribution in [0.2, 0.25) is 5.02 Å². The number of methoxy groups -OCH3 is 1. The number of pyridine rings is 1. The van der Waals surface area contributed by atoms with Crippen LogP contribution in [0.5, 0.6) is 5.75 Å². The molecule has 132 valence electrons. The zero-order valence-corrected chi connectivity index (χ0v) is 14.5. The second-order valence-corrected chi connectivity index (χ2v) is 5.75. The Hall–Kier alpha value is -3.12. The molecule has 0 unspecified atom stereocenters. The summed E-state index contributed by atoms with van der Waals surface area (Å²) >= 11 is 6.06. The Kier molecular flexibility index (Phi) is 5.34. The molecule has 1 amide bonds. The van der Waals surface area contributed by atoms with Gasteiger partial charge in [0.2, 0.25) is 0 Å². The first-order valence-corrected chi connectivity index (χ1v) is 8.07. The fourth-order valence-electron chi connectivity index (χ4n) is 2.29. The first-order chi connectivity index (χ1) is 12.6. The molecule has 26 heavy (non-hydrogen) atoms. The second-order valence-electron chi connectivity index (χ2n) is 5.34. The molecule has 3 aromatic rings. The number of carbonyl (C=O) groups is 1. The number of halogens is 2. The highest BCUT2D eigenvalue weighted by Crippen LogP contribution is 2.27. The summed E-state index contributed by atoms with van der Waals surface area (Å²) in [6.07, 6.45) is 1.47. The number of hydrogen-bond donors (Lipinski definition) is 2. The van der Waals surface area contributed by atoms with Gasteiger partial charge in [0, 0.05) is 17.4 Å². The van der Waals surface area contributed by atoms with E-state index in [1.54, 1.807) is 42.5 Å². The monoisotopic (exact) mass is 371 g/mol. The molecule has 1 aromatic heterocycles. The number of nitrogens with zero attached hydrogens (tertiary/aromatic N) is 1. The van der Waals surface area contributed by atoms with Crippen molar-refractivity contribution in [2.24, 2.45) is 0 Å². The Morgan fingerprint density at radius 3 is 2.69 bits per heavy atom. The molecule has 0 radical (unpaired) electrons. The number of ether oxygens (including phenoxy) is 1. The Labute approximate surface area is 154 Å². The third kappa shape index (κ3) is 4.10. The van der Waals surface area contributed by atoms with E-state index in [9.17, 15) is 9.18 Å². The fourth-order valence-corrected chi connectivity index (χ4v) is 2.55. The van der Waals surface area contributed by atoms with Crippen molar-refractivity contribution in [2.75, 3.05) is 17.7 Å². The molecular weight excluding hydrogens is 357 g/mol. The Balaban J connectivity index is 1.76. The lowest BCUT2D eigenvalue weighted by Crippen LogP contribution is -2.12. The van der Waals surface area contributed by atoms with Crippen LogP contribution in [0.4, 0.5) is 21.6 Å². The molecule has 0 bridgehead atoms. The van der Waals surface area contributed by atoms with Crippen molar-refractivity contribution in [1.29, 1.82) is 0 Å². The maximum absolute atomic E-state index is 13.7. The maximum atomic E-state index is 13.7. The number of carbonyl (C=O) groups excluding carboxylic acids is 1. The summed E-state index contributed by atoms with van der Waals surface area (Å²) in [5.41, 5.74) is 1.17. The van der Waals surface area contributed by atoms with Gasteiger partial charge in [0.1, 0.15) is 17.4 Å². The van der Waals surface area contributed by atoms with Gasteiger partial charge >= 0.3 is 0 Å². The minimum atomic E-state index is -0.406. The summed E-state index contributed by atoms with van der Waals surface area (Å²) in [7, 11) is 1.51. The summed E-state index contributed by atoms with van der Waals surface area (Å²) < 4.78 is 18.8. The van der Waals surface area contributed by atoms with Crippen molar-refractivity contribution in [1.82, 2.24) is 4.98 Å². The average Bonchev–Trinajstić information content (AvgIpc) is 2.64. The molecule has 0 spiro atoms. The Bertz CT molecular complexity index is 950. The van der Waals surface area contributed by atoms with E-state index in [0.29, 0.717) is 27.8 Å². The first-order valence-electron chi connectivity index (χ1n) is 7.69. The Morgan fingerprint density at radius 1 is 1.15 bits per heavy atom. The van der Waals surface area contributed by atoms with Gasteiger partial charge in [-0.05, 0) is 42.5 Å². The van der Waals surface area contributed by atoms with E-state index in [4.69, 9.17) is 16.3 Å². The lowest BCUT2D eigenvalue weighted by Gasteiger charge is -2.10. The van der Waals surface area contributed by atoms with Crippen LogP contribution < -0.4 is 15.4 Å². The first kappa shape index (κ1) is 17.7. The molecule has 2 aromatic carbocycles. The number of anilines is 3. The van der Waals surface area contributed by atoms with Crippen molar-refractivity contribution in [2.45, 2.75) is 0 Å². The number of rotatable bonds is 5. The van der Waals surface area contributed by atoms with Gasteiger partial charge in [-0.25, -0.2) is 9.37 Å². The van der Waals surface area contributed by atoms with Crippen LogP contribution in [-0.4, -0.2) is 18.0 Å². The second kappa shape index (κ2) is 7.84. The molecule has 0 aliphatic carbocycles. The van der Waals surface area contributed by atoms with Crippen LogP contribution >= 0.6 is 11.6 Å². The van der Waals surface area contributed by atoms with E-state index >= 15 is 0 Å². The molecular formula is C19H15ClFN3O2. The number of aromatic nitrogens is 1. The summed E-state index contributed by atoms with van der Waals surface area (Å²) in [6.45, 7) is 0. The lowest BCUT2D eigenvalue weighted by molar-refractivity contribution is 0.102. The van der Waals surface area contributed by atoms with Crippen LogP contribution in [0.1, 0.15) is 10.4 Å². The van der Waals surface area contributed by atoms with E-state index < -0.39 is 5.82 Å². The highest BCUT2D eigenvalue weighted by atomic mass is 35.5. The van der Waals surface area contributed by atoms with Crippen molar-refractivity contribution < 1.29 is 13.9 Å². The van der Waals surface area contributed by atoms with E-state index in [1.165, 1.54) is 25.4 Å². The van der Waals surface area contributed by atoms with E-state index in [2.05, 4.69) is 15.6 Å². The standard InChI is InChI=1S/C19H15ClFN3O2/c1-26-17-7-6-13(11-14(17)20)23-19(25)12-8-9-22-18(10-12)24-16-5-3-2-4-15(16)21/h2-11H,1H3,(H,22,24)(H,23,25). The zero-order chi connectivity index (χ0) is 18.5. The van der Waals surface area contributed by atoms with Gasteiger partial charge in [-0.2, -0.15) is 0 Å². The molecule has 5 nitrogen and oxygen atoms in total. The number of nitrogens with one attached hydrogen (secondary N) is 2. The molecule has 0 atom stereocenters. The van der Waals surface area contributed by atoms with Gasteiger partial charge in [0.25, 0.3) is 5.91 Å². The summed E-state index contributed by atoms with van der Waals surface area (Å²) in [4.78, 5) is 16.5. The van der Waals surface area contributed by atoms with Crippen LogP contribution in [0.15, 0.2) is 60.8 Å². The van der Waals surface area contributed by atoms with Gasteiger partial charge in [-0.15, -0.1) is 0 Å². The molecule has 2 N–H and O–H groups in total. The highest BCUT2D eigenvalue weighted by molar-refractivity contribution is 6.32. The van der Waals surface area contributed by atoms with Crippen LogP contribution in [0, 0.1) is 5.82 Å². The molecule has 3 rings (SSSR count). The number of para-hydroxylation sites is 1. The maximum Gasteiger partial charge on any atom is 0.255 e. The van der Waals surface area contributed by atoms with Crippen molar-refractivity contribution >= 4 is 34.7 Å².